The van der Waals surface area contributed by atoms with Gasteiger partial charge in [0.2, 0.25) is 5.09 Å². The van der Waals surface area contributed by atoms with Crippen molar-refractivity contribution in [3.05, 3.63) is 17.9 Å². The Kier molecular flexibility index (Phi) is 4.62. The van der Waals surface area contributed by atoms with Gasteiger partial charge in [0.15, 0.2) is 0 Å². The number of ether oxygens (including phenoxy) is 1. The molecule has 1 atom stereocenters. The maximum absolute atomic E-state index is 12.3. The van der Waals surface area contributed by atoms with Crippen molar-refractivity contribution in [3.63, 3.8) is 0 Å². The monoisotopic (exact) mass is 288 g/mol. The van der Waals surface area contributed by atoms with Crippen LogP contribution >= 0.6 is 0 Å². The van der Waals surface area contributed by atoms with Crippen molar-refractivity contribution >= 4 is 10.0 Å². The summed E-state index contributed by atoms with van der Waals surface area (Å²) in [5.41, 5.74) is 5.41. The van der Waals surface area contributed by atoms with E-state index >= 15 is 0 Å². The average Bonchev–Trinajstić information content (AvgIpc) is 2.89. The molecule has 1 unspecified atom stereocenters. The zero-order chi connectivity index (χ0) is 13.9. The molecule has 0 aliphatic carbocycles. The minimum absolute atomic E-state index is 0.0489. The summed E-state index contributed by atoms with van der Waals surface area (Å²) in [4.78, 5) is 0. The maximum atomic E-state index is 12.3. The lowest BCUT2D eigenvalue weighted by molar-refractivity contribution is 0.0494. The molecule has 0 aromatic carbocycles. The fourth-order valence-electron chi connectivity index (χ4n) is 2.17. The Morgan fingerprint density at radius 3 is 2.84 bits per heavy atom. The van der Waals surface area contributed by atoms with Gasteiger partial charge in [-0.3, -0.25) is 0 Å². The molecule has 6 nitrogen and oxygen atoms in total. The molecule has 1 aromatic rings. The highest BCUT2D eigenvalue weighted by atomic mass is 32.2. The quantitative estimate of drug-likeness (QED) is 0.865. The van der Waals surface area contributed by atoms with Crippen molar-refractivity contribution < 1.29 is 17.6 Å². The topological polar surface area (TPSA) is 85.8 Å². The predicted molar refractivity (Wildman–Crippen MR) is 70.0 cm³/mol. The Hall–Kier alpha value is -0.890. The zero-order valence-corrected chi connectivity index (χ0v) is 11.9. The molecule has 1 aliphatic rings. The average molecular weight is 288 g/mol. The Morgan fingerprint density at radius 1 is 1.47 bits per heavy atom. The maximum Gasteiger partial charge on any atom is 0.276 e. The largest absolute Gasteiger partial charge is 0.447 e. The number of sulfonamides is 1. The van der Waals surface area contributed by atoms with Crippen molar-refractivity contribution in [2.45, 2.75) is 24.5 Å². The first-order chi connectivity index (χ1) is 9.04. The lowest BCUT2D eigenvalue weighted by Gasteiger charge is -2.26. The summed E-state index contributed by atoms with van der Waals surface area (Å²) < 4.78 is 36.5. The number of hydrogen-bond donors (Lipinski definition) is 1. The molecule has 1 aliphatic heterocycles. The van der Waals surface area contributed by atoms with Crippen LogP contribution in [0, 0.1) is 5.92 Å². The summed E-state index contributed by atoms with van der Waals surface area (Å²) in [5.74, 6) is 0.713. The smallest absolute Gasteiger partial charge is 0.276 e. The molecule has 1 aromatic heterocycles. The van der Waals surface area contributed by atoms with Crippen molar-refractivity contribution in [1.82, 2.24) is 4.31 Å². The van der Waals surface area contributed by atoms with Crippen molar-refractivity contribution in [2.24, 2.45) is 11.7 Å². The van der Waals surface area contributed by atoms with E-state index in [9.17, 15) is 8.42 Å². The van der Waals surface area contributed by atoms with E-state index in [0.717, 1.165) is 19.4 Å². The van der Waals surface area contributed by atoms with Gasteiger partial charge in [0, 0.05) is 20.2 Å². The number of hydrogen-bond acceptors (Lipinski definition) is 5. The third kappa shape index (κ3) is 3.36. The molecule has 2 N–H and O–H groups in total. The highest BCUT2D eigenvalue weighted by molar-refractivity contribution is 7.89. The molecule has 2 heterocycles. The van der Waals surface area contributed by atoms with E-state index in [-0.39, 0.29) is 17.6 Å². The van der Waals surface area contributed by atoms with Gasteiger partial charge in [-0.1, -0.05) is 0 Å². The van der Waals surface area contributed by atoms with Crippen molar-refractivity contribution in [3.8, 4) is 0 Å². The van der Waals surface area contributed by atoms with Crippen LogP contribution in [0.1, 0.15) is 18.6 Å². The van der Waals surface area contributed by atoms with Crippen molar-refractivity contribution in [1.29, 1.82) is 0 Å². The molecule has 19 heavy (non-hydrogen) atoms. The van der Waals surface area contributed by atoms with Crippen molar-refractivity contribution in [2.75, 3.05) is 26.8 Å². The van der Waals surface area contributed by atoms with E-state index in [4.69, 9.17) is 14.9 Å². The van der Waals surface area contributed by atoms with E-state index in [1.807, 2.05) is 0 Å². The van der Waals surface area contributed by atoms with Crippen LogP contribution in [0.25, 0.3) is 0 Å². The third-order valence-corrected chi connectivity index (χ3v) is 4.97. The van der Waals surface area contributed by atoms with E-state index in [1.54, 1.807) is 13.1 Å². The highest BCUT2D eigenvalue weighted by Gasteiger charge is 2.27. The standard InChI is InChI=1S/C12H20N2O4S/c1-14(8-10-3-2-6-17-9-10)19(15,16)12-5-4-11(7-13)18-12/h4-5,10H,2-3,6-9,13H2,1H3. The number of furan rings is 1. The highest BCUT2D eigenvalue weighted by Crippen LogP contribution is 2.21. The van der Waals surface area contributed by atoms with Gasteiger partial charge in [0.1, 0.15) is 5.76 Å². The van der Waals surface area contributed by atoms with Crippen LogP contribution in [-0.4, -0.2) is 39.5 Å². The molecule has 0 bridgehead atoms. The van der Waals surface area contributed by atoms with Gasteiger partial charge < -0.3 is 14.9 Å². The van der Waals surface area contributed by atoms with Crippen LogP contribution in [0.5, 0.6) is 0 Å². The minimum Gasteiger partial charge on any atom is -0.447 e. The second kappa shape index (κ2) is 6.04. The fraction of sp³-hybridized carbons (Fsp3) is 0.667. The molecule has 0 radical (unpaired) electrons. The molecule has 0 saturated carbocycles. The fourth-order valence-corrected chi connectivity index (χ4v) is 3.34. The molecule has 0 spiro atoms. The Balaban J connectivity index is 2.05. The van der Waals surface area contributed by atoms with Gasteiger partial charge in [0.05, 0.1) is 13.2 Å². The van der Waals surface area contributed by atoms with Crippen LogP contribution in [0.4, 0.5) is 0 Å². The van der Waals surface area contributed by atoms with Gasteiger partial charge in [-0.25, -0.2) is 8.42 Å². The summed E-state index contributed by atoms with van der Waals surface area (Å²) in [6, 6.07) is 3.04. The molecule has 0 amide bonds. The predicted octanol–water partition coefficient (Wildman–Crippen LogP) is 0.785. The summed E-state index contributed by atoms with van der Waals surface area (Å²) in [6.45, 7) is 2.02. The number of nitrogens with zero attached hydrogens (tertiary/aromatic N) is 1. The molecule has 1 fully saturated rings. The van der Waals surface area contributed by atoms with Crippen LogP contribution in [0.2, 0.25) is 0 Å². The third-order valence-electron chi connectivity index (χ3n) is 3.27. The molecule has 1 saturated heterocycles. The van der Waals surface area contributed by atoms with Gasteiger partial charge >= 0.3 is 0 Å². The molecule has 7 heteroatoms. The van der Waals surface area contributed by atoms with E-state index < -0.39 is 10.0 Å². The lowest BCUT2D eigenvalue weighted by Crippen LogP contribution is -2.35. The van der Waals surface area contributed by atoms with E-state index in [2.05, 4.69) is 0 Å². The van der Waals surface area contributed by atoms with Gasteiger partial charge in [-0.05, 0) is 30.9 Å². The Morgan fingerprint density at radius 2 is 2.26 bits per heavy atom. The first-order valence-corrected chi connectivity index (χ1v) is 7.81. The lowest BCUT2D eigenvalue weighted by atomic mass is 10.0. The minimum atomic E-state index is -3.57. The molecule has 2 rings (SSSR count). The number of nitrogens with two attached hydrogens (primary N) is 1. The van der Waals surface area contributed by atoms with Crippen LogP contribution < -0.4 is 5.73 Å². The van der Waals surface area contributed by atoms with Gasteiger partial charge in [-0.2, -0.15) is 4.31 Å². The van der Waals surface area contributed by atoms with Gasteiger partial charge in [0.25, 0.3) is 10.0 Å². The van der Waals surface area contributed by atoms with Gasteiger partial charge in [-0.15, -0.1) is 0 Å². The molecular weight excluding hydrogens is 268 g/mol. The second-order valence-corrected chi connectivity index (χ2v) is 6.77. The van der Waals surface area contributed by atoms with Crippen LogP contribution in [0.3, 0.4) is 0 Å². The Labute approximate surface area is 113 Å². The second-order valence-electron chi connectivity index (χ2n) is 4.79. The zero-order valence-electron chi connectivity index (χ0n) is 11.0. The molecule has 108 valence electrons. The number of rotatable bonds is 5. The van der Waals surface area contributed by atoms with E-state index in [0.29, 0.717) is 18.9 Å². The summed E-state index contributed by atoms with van der Waals surface area (Å²) >= 11 is 0. The first-order valence-electron chi connectivity index (χ1n) is 6.37. The Bertz CT molecular complexity index is 506. The summed E-state index contributed by atoms with van der Waals surface area (Å²) in [6.07, 6.45) is 1.97. The van der Waals surface area contributed by atoms with Crippen LogP contribution in [0.15, 0.2) is 21.6 Å². The normalized spacial score (nSPS) is 20.9. The SMILES string of the molecule is CN(CC1CCCOC1)S(=O)(=O)c1ccc(CN)o1. The van der Waals surface area contributed by atoms with E-state index in [1.165, 1.54) is 10.4 Å². The molecular formula is C12H20N2O4S. The summed E-state index contributed by atoms with van der Waals surface area (Å²) in [7, 11) is -2.01. The summed E-state index contributed by atoms with van der Waals surface area (Å²) in [5, 5.41) is -0.0489. The van der Waals surface area contributed by atoms with Crippen LogP contribution in [-0.2, 0) is 21.3 Å². The first kappa shape index (κ1) is 14.5.